The number of sulfonamides is 1. The molecule has 1 saturated heterocycles. The summed E-state index contributed by atoms with van der Waals surface area (Å²) in [5.41, 5.74) is 1.25. The Labute approximate surface area is 173 Å². The zero-order valence-electron chi connectivity index (χ0n) is 16.9. The first-order valence-electron chi connectivity index (χ1n) is 10.4. The number of piperidine rings is 1. The van der Waals surface area contributed by atoms with E-state index in [0.717, 1.165) is 29.4 Å². The Bertz CT molecular complexity index is 781. The molecular weight excluding hydrogens is 392 g/mol. The van der Waals surface area contributed by atoms with Crippen LogP contribution >= 0.6 is 11.8 Å². The number of rotatable bonds is 7. The minimum absolute atomic E-state index is 0.186. The summed E-state index contributed by atoms with van der Waals surface area (Å²) in [4.78, 5) is 12.9. The maximum Gasteiger partial charge on any atom is 0.251 e. The van der Waals surface area contributed by atoms with Gasteiger partial charge in [0.1, 0.15) is 0 Å². The SMILES string of the molecule is Cc1ccc(S(=O)(=O)N2CCC(C)CC2)cc1C(=O)NCCSC1CCCC1. The zero-order chi connectivity index (χ0) is 20.1. The molecule has 0 bridgehead atoms. The van der Waals surface area contributed by atoms with Crippen LogP contribution in [0.2, 0.25) is 0 Å². The molecule has 7 heteroatoms. The van der Waals surface area contributed by atoms with Crippen molar-refractivity contribution < 1.29 is 13.2 Å². The highest BCUT2D eigenvalue weighted by Crippen LogP contribution is 2.29. The minimum atomic E-state index is -3.55. The number of nitrogens with one attached hydrogen (secondary N) is 1. The van der Waals surface area contributed by atoms with Gasteiger partial charge in [0.25, 0.3) is 5.91 Å². The molecule has 0 radical (unpaired) electrons. The Morgan fingerprint density at radius 1 is 1.18 bits per heavy atom. The fourth-order valence-corrected chi connectivity index (χ4v) is 6.64. The van der Waals surface area contributed by atoms with Gasteiger partial charge in [-0.3, -0.25) is 4.79 Å². The largest absolute Gasteiger partial charge is 0.351 e. The maximum absolute atomic E-state index is 13.0. The molecular formula is C21H32N2O3S2. The van der Waals surface area contributed by atoms with Crippen LogP contribution in [0.15, 0.2) is 23.1 Å². The number of hydrogen-bond donors (Lipinski definition) is 1. The molecule has 1 saturated carbocycles. The van der Waals surface area contributed by atoms with Crippen LogP contribution in [0, 0.1) is 12.8 Å². The van der Waals surface area contributed by atoms with E-state index in [4.69, 9.17) is 0 Å². The molecule has 1 aromatic rings. The summed E-state index contributed by atoms with van der Waals surface area (Å²) in [6.07, 6.45) is 6.98. The molecule has 28 heavy (non-hydrogen) atoms. The minimum Gasteiger partial charge on any atom is -0.351 e. The van der Waals surface area contributed by atoms with Gasteiger partial charge in [-0.25, -0.2) is 8.42 Å². The third-order valence-corrected chi connectivity index (χ3v) is 9.15. The van der Waals surface area contributed by atoms with Gasteiger partial charge in [0.05, 0.1) is 4.90 Å². The van der Waals surface area contributed by atoms with E-state index in [1.54, 1.807) is 22.5 Å². The Balaban J connectivity index is 1.62. The molecule has 0 unspecified atom stereocenters. The molecule has 0 atom stereocenters. The maximum atomic E-state index is 13.0. The molecule has 156 valence electrons. The van der Waals surface area contributed by atoms with Crippen molar-refractivity contribution in [3.8, 4) is 0 Å². The first-order chi connectivity index (χ1) is 13.4. The number of thioether (sulfide) groups is 1. The monoisotopic (exact) mass is 424 g/mol. The lowest BCUT2D eigenvalue weighted by Gasteiger charge is -2.29. The third kappa shape index (κ3) is 5.30. The van der Waals surface area contributed by atoms with Gasteiger partial charge in [-0.05, 0) is 56.2 Å². The van der Waals surface area contributed by atoms with Gasteiger partial charge >= 0.3 is 0 Å². The number of hydrogen-bond acceptors (Lipinski definition) is 4. The molecule has 2 aliphatic rings. The predicted molar refractivity (Wildman–Crippen MR) is 115 cm³/mol. The van der Waals surface area contributed by atoms with Gasteiger partial charge in [-0.15, -0.1) is 0 Å². The average molecular weight is 425 g/mol. The number of amides is 1. The van der Waals surface area contributed by atoms with Crippen molar-refractivity contribution in [3.63, 3.8) is 0 Å². The van der Waals surface area contributed by atoms with Crippen LogP contribution in [-0.4, -0.2) is 49.3 Å². The smallest absolute Gasteiger partial charge is 0.251 e. The number of carbonyl (C=O) groups excluding carboxylic acids is 1. The fourth-order valence-electron chi connectivity index (χ4n) is 3.92. The molecule has 1 aliphatic heterocycles. The first-order valence-corrected chi connectivity index (χ1v) is 12.9. The van der Waals surface area contributed by atoms with Crippen molar-refractivity contribution in [1.29, 1.82) is 0 Å². The second kappa shape index (κ2) is 9.63. The van der Waals surface area contributed by atoms with Gasteiger partial charge in [-0.1, -0.05) is 25.8 Å². The van der Waals surface area contributed by atoms with E-state index in [-0.39, 0.29) is 10.8 Å². The van der Waals surface area contributed by atoms with Crippen LogP contribution in [0.25, 0.3) is 0 Å². The van der Waals surface area contributed by atoms with Crippen LogP contribution in [-0.2, 0) is 10.0 Å². The lowest BCUT2D eigenvalue weighted by molar-refractivity contribution is 0.0955. The normalized spacial score (nSPS) is 19.8. The molecule has 5 nitrogen and oxygen atoms in total. The Morgan fingerprint density at radius 3 is 2.54 bits per heavy atom. The second-order valence-corrected chi connectivity index (χ2v) is 11.4. The van der Waals surface area contributed by atoms with E-state index in [2.05, 4.69) is 12.2 Å². The van der Waals surface area contributed by atoms with Gasteiger partial charge in [0, 0.05) is 36.2 Å². The van der Waals surface area contributed by atoms with Crippen molar-refractivity contribution in [1.82, 2.24) is 9.62 Å². The lowest BCUT2D eigenvalue weighted by atomic mass is 10.0. The summed E-state index contributed by atoms with van der Waals surface area (Å²) in [6, 6.07) is 4.90. The average Bonchev–Trinajstić information content (AvgIpc) is 3.19. The summed E-state index contributed by atoms with van der Waals surface area (Å²) in [6.45, 7) is 5.72. The molecule has 2 fully saturated rings. The van der Waals surface area contributed by atoms with E-state index >= 15 is 0 Å². The Hall–Kier alpha value is -1.05. The number of nitrogens with zero attached hydrogens (tertiary/aromatic N) is 1. The number of carbonyl (C=O) groups is 1. The highest BCUT2D eigenvalue weighted by Gasteiger charge is 2.29. The van der Waals surface area contributed by atoms with Crippen LogP contribution in [0.3, 0.4) is 0 Å². The summed E-state index contributed by atoms with van der Waals surface area (Å²) in [7, 11) is -3.55. The van der Waals surface area contributed by atoms with Crippen LogP contribution < -0.4 is 5.32 Å². The molecule has 1 aliphatic carbocycles. The van der Waals surface area contributed by atoms with Crippen molar-refractivity contribution in [2.75, 3.05) is 25.4 Å². The fraction of sp³-hybridized carbons (Fsp3) is 0.667. The molecule has 1 aromatic carbocycles. The van der Waals surface area contributed by atoms with Crippen molar-refractivity contribution >= 4 is 27.7 Å². The Kier molecular flexibility index (Phi) is 7.45. The summed E-state index contributed by atoms with van der Waals surface area (Å²) >= 11 is 1.93. The van der Waals surface area contributed by atoms with E-state index in [1.807, 2.05) is 18.7 Å². The third-order valence-electron chi connectivity index (χ3n) is 5.88. The lowest BCUT2D eigenvalue weighted by Crippen LogP contribution is -2.38. The van der Waals surface area contributed by atoms with Crippen molar-refractivity contribution in [3.05, 3.63) is 29.3 Å². The van der Waals surface area contributed by atoms with E-state index in [1.165, 1.54) is 25.7 Å². The molecule has 0 spiro atoms. The van der Waals surface area contributed by atoms with E-state index in [0.29, 0.717) is 31.1 Å². The summed E-state index contributed by atoms with van der Waals surface area (Å²) in [5, 5.41) is 3.70. The number of aryl methyl sites for hydroxylation is 1. The first kappa shape index (κ1) is 21.7. The van der Waals surface area contributed by atoms with Crippen molar-refractivity contribution in [2.45, 2.75) is 62.5 Å². The van der Waals surface area contributed by atoms with Crippen molar-refractivity contribution in [2.24, 2.45) is 5.92 Å². The second-order valence-electron chi connectivity index (χ2n) is 8.10. The Morgan fingerprint density at radius 2 is 1.86 bits per heavy atom. The molecule has 3 rings (SSSR count). The van der Waals surface area contributed by atoms with Gasteiger partial charge in [0.2, 0.25) is 10.0 Å². The molecule has 1 N–H and O–H groups in total. The highest BCUT2D eigenvalue weighted by atomic mass is 32.2. The highest BCUT2D eigenvalue weighted by molar-refractivity contribution is 7.99. The topological polar surface area (TPSA) is 66.5 Å². The van der Waals surface area contributed by atoms with Gasteiger partial charge in [-0.2, -0.15) is 16.1 Å². The quantitative estimate of drug-likeness (QED) is 0.676. The molecule has 1 amide bonds. The van der Waals surface area contributed by atoms with Gasteiger partial charge in [0.15, 0.2) is 0 Å². The van der Waals surface area contributed by atoms with Crippen LogP contribution in [0.1, 0.15) is 61.4 Å². The number of benzene rings is 1. The zero-order valence-corrected chi connectivity index (χ0v) is 18.6. The van der Waals surface area contributed by atoms with Crippen LogP contribution in [0.4, 0.5) is 0 Å². The standard InChI is InChI=1S/C21H32N2O3S2/c1-16-9-12-23(13-10-16)28(25,26)19-8-7-17(2)20(15-19)21(24)22-11-14-27-18-5-3-4-6-18/h7-8,15-16,18H,3-6,9-14H2,1-2H3,(H,22,24). The summed E-state index contributed by atoms with van der Waals surface area (Å²) in [5.74, 6) is 1.28. The van der Waals surface area contributed by atoms with Gasteiger partial charge < -0.3 is 5.32 Å². The molecule has 0 aromatic heterocycles. The van der Waals surface area contributed by atoms with E-state index < -0.39 is 10.0 Å². The predicted octanol–water partition coefficient (Wildman–Crippen LogP) is 3.82. The summed E-state index contributed by atoms with van der Waals surface area (Å²) < 4.78 is 27.5. The van der Waals surface area contributed by atoms with Crippen LogP contribution in [0.5, 0.6) is 0 Å². The van der Waals surface area contributed by atoms with E-state index in [9.17, 15) is 13.2 Å². The molecule has 1 heterocycles.